The van der Waals surface area contributed by atoms with Crippen LogP contribution in [0.25, 0.3) is 0 Å². The van der Waals surface area contributed by atoms with E-state index in [0.717, 1.165) is 5.56 Å². The number of aliphatic hydroxyl groups is 1. The summed E-state index contributed by atoms with van der Waals surface area (Å²) in [6.45, 7) is 3.35. The van der Waals surface area contributed by atoms with E-state index in [-0.39, 0.29) is 5.82 Å². The molecule has 3 N–H and O–H groups in total. The molecular weight excluding hydrogens is 169 g/mol. The normalized spacial score (nSPS) is 15.5. The quantitative estimate of drug-likeness (QED) is 0.730. The van der Waals surface area contributed by atoms with Gasteiger partial charge < -0.3 is 10.8 Å². The molecule has 0 amide bonds. The van der Waals surface area contributed by atoms with Crippen LogP contribution in [-0.4, -0.2) is 11.2 Å². The van der Waals surface area contributed by atoms with Gasteiger partial charge >= 0.3 is 0 Å². The van der Waals surface area contributed by atoms with E-state index in [4.69, 9.17) is 5.73 Å². The number of nitrogens with two attached hydrogens (primary N) is 1. The van der Waals surface area contributed by atoms with Crippen LogP contribution in [0.1, 0.15) is 24.1 Å². The zero-order valence-corrected chi connectivity index (χ0v) is 7.79. The summed E-state index contributed by atoms with van der Waals surface area (Å²) in [4.78, 5) is 0. The van der Waals surface area contributed by atoms with E-state index in [0.29, 0.717) is 5.56 Å². The van der Waals surface area contributed by atoms with E-state index in [2.05, 4.69) is 0 Å². The first-order valence-electron chi connectivity index (χ1n) is 4.22. The molecule has 0 radical (unpaired) electrons. The highest BCUT2D eigenvalue weighted by Crippen LogP contribution is 2.18. The number of rotatable bonds is 2. The van der Waals surface area contributed by atoms with Gasteiger partial charge in [-0.3, -0.25) is 0 Å². The molecule has 0 saturated carbocycles. The Morgan fingerprint density at radius 3 is 2.54 bits per heavy atom. The van der Waals surface area contributed by atoms with Crippen LogP contribution in [0, 0.1) is 12.7 Å². The van der Waals surface area contributed by atoms with Crippen LogP contribution < -0.4 is 5.73 Å². The van der Waals surface area contributed by atoms with Crippen molar-refractivity contribution in [3.8, 4) is 0 Å². The number of aliphatic hydroxyl groups excluding tert-OH is 1. The predicted octanol–water partition coefficient (Wildman–Crippen LogP) is 1.51. The van der Waals surface area contributed by atoms with E-state index < -0.39 is 12.1 Å². The van der Waals surface area contributed by atoms with E-state index >= 15 is 0 Å². The molecule has 2 nitrogen and oxygen atoms in total. The molecule has 0 spiro atoms. The minimum Gasteiger partial charge on any atom is -0.391 e. The highest BCUT2D eigenvalue weighted by Gasteiger charge is 2.15. The fraction of sp³-hybridized carbons (Fsp3) is 0.400. The third kappa shape index (κ3) is 2.26. The van der Waals surface area contributed by atoms with Gasteiger partial charge in [-0.05, 0) is 25.5 Å². The van der Waals surface area contributed by atoms with Crippen LogP contribution in [-0.2, 0) is 0 Å². The first kappa shape index (κ1) is 10.2. The Labute approximate surface area is 77.2 Å². The lowest BCUT2D eigenvalue weighted by Crippen LogP contribution is -2.24. The van der Waals surface area contributed by atoms with Gasteiger partial charge in [-0.15, -0.1) is 0 Å². The van der Waals surface area contributed by atoms with Crippen molar-refractivity contribution in [2.75, 3.05) is 0 Å². The zero-order chi connectivity index (χ0) is 10.0. The molecule has 2 atom stereocenters. The molecule has 13 heavy (non-hydrogen) atoms. The molecule has 0 bridgehead atoms. The van der Waals surface area contributed by atoms with Gasteiger partial charge in [-0.1, -0.05) is 12.1 Å². The van der Waals surface area contributed by atoms with Gasteiger partial charge in [0.2, 0.25) is 0 Å². The zero-order valence-electron chi connectivity index (χ0n) is 7.79. The van der Waals surface area contributed by atoms with Crippen molar-refractivity contribution in [2.24, 2.45) is 5.73 Å². The SMILES string of the molecule is Cc1ccc([C@H](N)C(C)O)c(F)c1. The second-order valence-corrected chi connectivity index (χ2v) is 3.29. The van der Waals surface area contributed by atoms with Gasteiger partial charge in [-0.2, -0.15) is 0 Å². The van der Waals surface area contributed by atoms with Crippen LogP contribution in [0.3, 0.4) is 0 Å². The van der Waals surface area contributed by atoms with Gasteiger partial charge in [0.05, 0.1) is 12.1 Å². The standard InChI is InChI=1S/C10H14FNO/c1-6-3-4-8(9(11)5-6)10(12)7(2)13/h3-5,7,10,13H,12H2,1-2H3/t7?,10-/m1/s1. The van der Waals surface area contributed by atoms with Crippen LogP contribution >= 0.6 is 0 Å². The lowest BCUT2D eigenvalue weighted by Gasteiger charge is -2.15. The summed E-state index contributed by atoms with van der Waals surface area (Å²) < 4.78 is 13.3. The summed E-state index contributed by atoms with van der Waals surface area (Å²) in [5.74, 6) is -0.353. The molecule has 0 aliphatic carbocycles. The number of aryl methyl sites for hydroxylation is 1. The van der Waals surface area contributed by atoms with E-state index in [1.54, 1.807) is 26.0 Å². The monoisotopic (exact) mass is 183 g/mol. The average molecular weight is 183 g/mol. The number of halogens is 1. The van der Waals surface area contributed by atoms with Crippen molar-refractivity contribution < 1.29 is 9.50 Å². The molecule has 1 unspecified atom stereocenters. The second kappa shape index (κ2) is 3.85. The summed E-state index contributed by atoms with van der Waals surface area (Å²) in [6.07, 6.45) is -0.739. The Kier molecular flexibility index (Phi) is 3.01. The van der Waals surface area contributed by atoms with Crippen LogP contribution in [0.2, 0.25) is 0 Å². The van der Waals surface area contributed by atoms with E-state index in [1.165, 1.54) is 6.07 Å². The van der Waals surface area contributed by atoms with Crippen molar-refractivity contribution in [3.63, 3.8) is 0 Å². The Morgan fingerprint density at radius 1 is 1.46 bits per heavy atom. The van der Waals surface area contributed by atoms with Gasteiger partial charge in [0.15, 0.2) is 0 Å². The van der Waals surface area contributed by atoms with Crippen LogP contribution in [0.15, 0.2) is 18.2 Å². The van der Waals surface area contributed by atoms with Crippen molar-refractivity contribution in [3.05, 3.63) is 35.1 Å². The van der Waals surface area contributed by atoms with E-state index in [1.807, 2.05) is 0 Å². The van der Waals surface area contributed by atoms with Gasteiger partial charge in [0, 0.05) is 5.56 Å². The lowest BCUT2D eigenvalue weighted by molar-refractivity contribution is 0.162. The average Bonchev–Trinajstić information content (AvgIpc) is 2.03. The first-order valence-corrected chi connectivity index (χ1v) is 4.22. The summed E-state index contributed by atoms with van der Waals surface area (Å²) in [7, 11) is 0. The number of hydrogen-bond donors (Lipinski definition) is 2. The molecule has 0 heterocycles. The first-order chi connectivity index (χ1) is 6.02. The molecule has 1 aromatic carbocycles. The van der Waals surface area contributed by atoms with E-state index in [9.17, 15) is 9.50 Å². The van der Waals surface area contributed by atoms with Crippen LogP contribution in [0.5, 0.6) is 0 Å². The largest absolute Gasteiger partial charge is 0.391 e. The fourth-order valence-electron chi connectivity index (χ4n) is 1.16. The molecule has 72 valence electrons. The van der Waals surface area contributed by atoms with Gasteiger partial charge in [0.1, 0.15) is 5.82 Å². The molecule has 0 fully saturated rings. The summed E-state index contributed by atoms with van der Waals surface area (Å²) >= 11 is 0. The molecular formula is C10H14FNO. The second-order valence-electron chi connectivity index (χ2n) is 3.29. The molecule has 3 heteroatoms. The third-order valence-corrected chi connectivity index (χ3v) is 2.03. The van der Waals surface area contributed by atoms with Crippen molar-refractivity contribution in [1.82, 2.24) is 0 Å². The maximum absolute atomic E-state index is 13.3. The number of benzene rings is 1. The Morgan fingerprint density at radius 2 is 2.08 bits per heavy atom. The molecule has 0 aliphatic rings. The summed E-state index contributed by atoms with van der Waals surface area (Å²) in [5, 5.41) is 9.18. The van der Waals surface area contributed by atoms with Crippen molar-refractivity contribution in [1.29, 1.82) is 0 Å². The summed E-state index contributed by atoms with van der Waals surface area (Å²) in [6, 6.07) is 4.15. The third-order valence-electron chi connectivity index (χ3n) is 2.03. The predicted molar refractivity (Wildman–Crippen MR) is 49.7 cm³/mol. The lowest BCUT2D eigenvalue weighted by atomic mass is 10.0. The fourth-order valence-corrected chi connectivity index (χ4v) is 1.16. The molecule has 0 aromatic heterocycles. The molecule has 0 aliphatic heterocycles. The maximum atomic E-state index is 13.3. The Balaban J connectivity index is 3.01. The smallest absolute Gasteiger partial charge is 0.128 e. The highest BCUT2D eigenvalue weighted by molar-refractivity contribution is 5.26. The Bertz CT molecular complexity index is 299. The minimum atomic E-state index is -0.739. The van der Waals surface area contributed by atoms with Crippen LogP contribution in [0.4, 0.5) is 4.39 Å². The number of hydrogen-bond acceptors (Lipinski definition) is 2. The molecule has 1 rings (SSSR count). The highest BCUT2D eigenvalue weighted by atomic mass is 19.1. The summed E-state index contributed by atoms with van der Waals surface area (Å²) in [5.41, 5.74) is 6.81. The molecule has 0 saturated heterocycles. The van der Waals surface area contributed by atoms with Crippen molar-refractivity contribution in [2.45, 2.75) is 26.0 Å². The van der Waals surface area contributed by atoms with Crippen molar-refractivity contribution >= 4 is 0 Å². The Hall–Kier alpha value is -0.930. The molecule has 1 aromatic rings. The van der Waals surface area contributed by atoms with Gasteiger partial charge in [0.25, 0.3) is 0 Å². The van der Waals surface area contributed by atoms with Gasteiger partial charge in [-0.25, -0.2) is 4.39 Å². The maximum Gasteiger partial charge on any atom is 0.128 e. The minimum absolute atomic E-state index is 0.353. The topological polar surface area (TPSA) is 46.2 Å².